The molecule has 2 aromatic heterocycles. The Hall–Kier alpha value is -1.64. The standard InChI is InChI=1S/C11H9ClN4S/c12-10-2-1-9(17-10)3-4-14-11-7-15-8(5-13)6-16-11/h1-2,6-7H,3-4H2,(H,14,16). The summed E-state index contributed by atoms with van der Waals surface area (Å²) in [5, 5.41) is 11.7. The molecule has 2 rings (SSSR count). The molecule has 0 aromatic carbocycles. The highest BCUT2D eigenvalue weighted by Gasteiger charge is 1.99. The summed E-state index contributed by atoms with van der Waals surface area (Å²) >= 11 is 7.41. The van der Waals surface area contributed by atoms with Crippen molar-refractivity contribution < 1.29 is 0 Å². The second-order valence-corrected chi connectivity index (χ2v) is 5.08. The number of nitrogens with zero attached hydrogens (tertiary/aromatic N) is 3. The Morgan fingerprint density at radius 3 is 2.82 bits per heavy atom. The van der Waals surface area contributed by atoms with E-state index in [9.17, 15) is 0 Å². The molecule has 0 aliphatic heterocycles. The molecule has 0 radical (unpaired) electrons. The number of hydrogen-bond donors (Lipinski definition) is 1. The Bertz CT molecular complexity index is 529. The molecule has 0 unspecified atom stereocenters. The van der Waals surface area contributed by atoms with Crippen molar-refractivity contribution in [2.75, 3.05) is 11.9 Å². The molecule has 4 nitrogen and oxygen atoms in total. The predicted molar refractivity (Wildman–Crippen MR) is 68.3 cm³/mol. The molecular weight excluding hydrogens is 256 g/mol. The summed E-state index contributed by atoms with van der Waals surface area (Å²) in [6, 6.07) is 5.83. The number of anilines is 1. The first-order valence-electron chi connectivity index (χ1n) is 4.98. The number of hydrogen-bond acceptors (Lipinski definition) is 5. The second kappa shape index (κ2) is 5.62. The van der Waals surface area contributed by atoms with Gasteiger partial charge in [0.25, 0.3) is 0 Å². The molecule has 0 spiro atoms. The van der Waals surface area contributed by atoms with Crippen LogP contribution in [0.3, 0.4) is 0 Å². The molecule has 0 atom stereocenters. The minimum Gasteiger partial charge on any atom is -0.368 e. The van der Waals surface area contributed by atoms with Gasteiger partial charge in [0.1, 0.15) is 11.9 Å². The zero-order valence-electron chi connectivity index (χ0n) is 8.85. The maximum Gasteiger partial charge on any atom is 0.158 e. The third kappa shape index (κ3) is 3.41. The van der Waals surface area contributed by atoms with Gasteiger partial charge in [-0.05, 0) is 18.6 Å². The molecule has 0 fully saturated rings. The fourth-order valence-electron chi connectivity index (χ4n) is 1.28. The van der Waals surface area contributed by atoms with Gasteiger partial charge >= 0.3 is 0 Å². The zero-order chi connectivity index (χ0) is 12.1. The van der Waals surface area contributed by atoms with E-state index in [4.69, 9.17) is 16.9 Å². The Morgan fingerprint density at radius 2 is 2.24 bits per heavy atom. The van der Waals surface area contributed by atoms with E-state index >= 15 is 0 Å². The average Bonchev–Trinajstić information content (AvgIpc) is 2.76. The molecule has 17 heavy (non-hydrogen) atoms. The first-order chi connectivity index (χ1) is 8.28. The molecule has 1 N–H and O–H groups in total. The first-order valence-corrected chi connectivity index (χ1v) is 6.17. The van der Waals surface area contributed by atoms with Crippen LogP contribution in [0.5, 0.6) is 0 Å². The van der Waals surface area contributed by atoms with Gasteiger partial charge in [-0.15, -0.1) is 11.3 Å². The van der Waals surface area contributed by atoms with Crippen LogP contribution in [0, 0.1) is 11.3 Å². The van der Waals surface area contributed by atoms with Crippen LogP contribution in [0.15, 0.2) is 24.5 Å². The van der Waals surface area contributed by atoms with Crippen molar-refractivity contribution in [3.8, 4) is 6.07 Å². The smallest absolute Gasteiger partial charge is 0.158 e. The van der Waals surface area contributed by atoms with Gasteiger partial charge in [-0.25, -0.2) is 9.97 Å². The highest BCUT2D eigenvalue weighted by molar-refractivity contribution is 7.16. The van der Waals surface area contributed by atoms with Crippen LogP contribution in [0.4, 0.5) is 5.82 Å². The lowest BCUT2D eigenvalue weighted by Gasteiger charge is -2.03. The van der Waals surface area contributed by atoms with Gasteiger partial charge in [0.2, 0.25) is 0 Å². The van der Waals surface area contributed by atoms with E-state index < -0.39 is 0 Å². The lowest BCUT2D eigenvalue weighted by atomic mass is 10.3. The van der Waals surface area contributed by atoms with Gasteiger partial charge in [0, 0.05) is 11.4 Å². The van der Waals surface area contributed by atoms with Gasteiger partial charge in [0.15, 0.2) is 5.69 Å². The summed E-state index contributed by atoms with van der Waals surface area (Å²) in [7, 11) is 0. The minimum atomic E-state index is 0.320. The minimum absolute atomic E-state index is 0.320. The summed E-state index contributed by atoms with van der Waals surface area (Å²) in [6.07, 6.45) is 3.89. The van der Waals surface area contributed by atoms with Crippen LogP contribution >= 0.6 is 22.9 Å². The van der Waals surface area contributed by atoms with Crippen molar-refractivity contribution in [3.63, 3.8) is 0 Å². The van der Waals surface area contributed by atoms with Crippen LogP contribution in [0.2, 0.25) is 4.34 Å². The van der Waals surface area contributed by atoms with Gasteiger partial charge in [-0.1, -0.05) is 11.6 Å². The number of thiophene rings is 1. The molecule has 0 bridgehead atoms. The first kappa shape index (κ1) is 11.8. The Labute approximate surface area is 108 Å². The quantitative estimate of drug-likeness (QED) is 0.922. The number of nitriles is 1. The van der Waals surface area contributed by atoms with Crippen molar-refractivity contribution in [1.29, 1.82) is 5.26 Å². The van der Waals surface area contributed by atoms with E-state index in [1.807, 2.05) is 18.2 Å². The van der Waals surface area contributed by atoms with E-state index in [1.165, 1.54) is 11.1 Å². The Morgan fingerprint density at radius 1 is 1.35 bits per heavy atom. The number of nitrogens with one attached hydrogen (secondary N) is 1. The van der Waals surface area contributed by atoms with E-state index in [1.54, 1.807) is 17.5 Å². The van der Waals surface area contributed by atoms with E-state index in [0.29, 0.717) is 11.5 Å². The van der Waals surface area contributed by atoms with Crippen LogP contribution in [0.1, 0.15) is 10.6 Å². The van der Waals surface area contributed by atoms with E-state index in [2.05, 4.69) is 15.3 Å². The topological polar surface area (TPSA) is 61.6 Å². The third-order valence-electron chi connectivity index (χ3n) is 2.07. The van der Waals surface area contributed by atoms with Crippen LogP contribution in [0.25, 0.3) is 0 Å². The highest BCUT2D eigenvalue weighted by Crippen LogP contribution is 2.21. The number of aromatic nitrogens is 2. The largest absolute Gasteiger partial charge is 0.368 e. The normalized spacial score (nSPS) is 9.88. The van der Waals surface area contributed by atoms with E-state index in [0.717, 1.165) is 17.3 Å². The van der Waals surface area contributed by atoms with Gasteiger partial charge in [-0.3, -0.25) is 0 Å². The maximum atomic E-state index is 8.57. The van der Waals surface area contributed by atoms with Crippen LogP contribution in [-0.2, 0) is 6.42 Å². The van der Waals surface area contributed by atoms with Gasteiger partial charge in [-0.2, -0.15) is 5.26 Å². The summed E-state index contributed by atoms with van der Waals surface area (Å²) in [6.45, 7) is 0.761. The highest BCUT2D eigenvalue weighted by atomic mass is 35.5. The molecule has 2 aromatic rings. The molecule has 2 heterocycles. The van der Waals surface area contributed by atoms with Gasteiger partial charge in [0.05, 0.1) is 16.7 Å². The molecule has 86 valence electrons. The number of halogens is 1. The Kier molecular flexibility index (Phi) is 3.91. The number of rotatable bonds is 4. The zero-order valence-corrected chi connectivity index (χ0v) is 10.4. The molecule has 6 heteroatoms. The van der Waals surface area contributed by atoms with Crippen LogP contribution in [-0.4, -0.2) is 16.5 Å². The van der Waals surface area contributed by atoms with Gasteiger partial charge < -0.3 is 5.32 Å². The fourth-order valence-corrected chi connectivity index (χ4v) is 2.36. The lowest BCUT2D eigenvalue weighted by Crippen LogP contribution is -2.05. The van der Waals surface area contributed by atoms with Crippen molar-refractivity contribution in [2.45, 2.75) is 6.42 Å². The monoisotopic (exact) mass is 264 g/mol. The molecule has 0 amide bonds. The molecule has 0 aliphatic carbocycles. The van der Waals surface area contributed by atoms with Crippen molar-refractivity contribution >= 4 is 28.8 Å². The summed E-state index contributed by atoms with van der Waals surface area (Å²) in [5.74, 6) is 0.673. The molecule has 0 saturated carbocycles. The SMILES string of the molecule is N#Cc1cnc(NCCc2ccc(Cl)s2)cn1. The van der Waals surface area contributed by atoms with Crippen LogP contribution < -0.4 is 5.32 Å². The summed E-state index contributed by atoms with van der Waals surface area (Å²) in [5.41, 5.74) is 0.320. The second-order valence-electron chi connectivity index (χ2n) is 3.28. The summed E-state index contributed by atoms with van der Waals surface area (Å²) < 4.78 is 0.804. The summed E-state index contributed by atoms with van der Waals surface area (Å²) in [4.78, 5) is 9.22. The van der Waals surface area contributed by atoms with E-state index in [-0.39, 0.29) is 0 Å². The molecule has 0 aliphatic rings. The third-order valence-corrected chi connectivity index (χ3v) is 3.36. The molecule has 0 saturated heterocycles. The lowest BCUT2D eigenvalue weighted by molar-refractivity contribution is 1.02. The van der Waals surface area contributed by atoms with Crippen molar-refractivity contribution in [3.05, 3.63) is 39.4 Å². The average molecular weight is 265 g/mol. The predicted octanol–water partition coefficient (Wildman–Crippen LogP) is 2.72. The fraction of sp³-hybridized carbons (Fsp3) is 0.182. The van der Waals surface area contributed by atoms with Crippen molar-refractivity contribution in [1.82, 2.24) is 9.97 Å². The maximum absolute atomic E-state index is 8.57. The molecular formula is C11H9ClN4S. The Balaban J connectivity index is 1.84. The van der Waals surface area contributed by atoms with Crippen molar-refractivity contribution in [2.24, 2.45) is 0 Å².